The maximum atomic E-state index is 6.14. The van der Waals surface area contributed by atoms with Crippen LogP contribution in [0, 0.1) is 0 Å². The second-order valence-corrected chi connectivity index (χ2v) is 4.57. The lowest BCUT2D eigenvalue weighted by atomic mass is 10.1. The minimum atomic E-state index is -0.266. The lowest BCUT2D eigenvalue weighted by Gasteiger charge is -2.16. The van der Waals surface area contributed by atoms with Gasteiger partial charge in [-0.15, -0.1) is 0 Å². The van der Waals surface area contributed by atoms with E-state index in [4.69, 9.17) is 21.9 Å². The topological polar surface area (TPSA) is 69.0 Å². The average molecular weight is 320 g/mol. The molecule has 1 unspecified atom stereocenters. The first-order chi connectivity index (χ1) is 8.19. The van der Waals surface area contributed by atoms with E-state index in [-0.39, 0.29) is 6.04 Å². The quantitative estimate of drug-likeness (QED) is 0.671. The zero-order valence-corrected chi connectivity index (χ0v) is 11.5. The molecule has 0 bridgehead atoms. The molecular formula is C10H12BrClN4O. The largest absolute Gasteiger partial charge is 0.457 e. The first kappa shape index (κ1) is 12.6. The van der Waals surface area contributed by atoms with Gasteiger partial charge in [-0.05, 0) is 28.9 Å². The van der Waals surface area contributed by atoms with Gasteiger partial charge in [-0.1, -0.05) is 11.6 Å². The van der Waals surface area contributed by atoms with Crippen LogP contribution in [0.1, 0.15) is 24.2 Å². The fraction of sp³-hybridized carbons (Fsp3) is 0.300. The summed E-state index contributed by atoms with van der Waals surface area (Å²) in [6.45, 7) is 2.71. The normalized spacial score (nSPS) is 12.9. The molecule has 0 spiro atoms. The highest BCUT2D eigenvalue weighted by Crippen LogP contribution is 2.32. The molecule has 0 amide bonds. The van der Waals surface area contributed by atoms with Crippen molar-refractivity contribution in [2.45, 2.75) is 19.5 Å². The van der Waals surface area contributed by atoms with Gasteiger partial charge in [0.25, 0.3) is 0 Å². The molecule has 1 atom stereocenters. The number of furan rings is 1. The Bertz CT molecular complexity index is 510. The van der Waals surface area contributed by atoms with Crippen LogP contribution < -0.4 is 11.3 Å². The predicted octanol–water partition coefficient (Wildman–Crippen LogP) is 2.46. The van der Waals surface area contributed by atoms with E-state index >= 15 is 0 Å². The molecule has 2 heterocycles. The second kappa shape index (κ2) is 5.22. The number of hydrogen-bond acceptors (Lipinski definition) is 4. The van der Waals surface area contributed by atoms with Crippen molar-refractivity contribution in [1.29, 1.82) is 0 Å². The molecule has 5 nitrogen and oxygen atoms in total. The van der Waals surface area contributed by atoms with Gasteiger partial charge in [-0.3, -0.25) is 10.5 Å². The molecule has 3 N–H and O–H groups in total. The van der Waals surface area contributed by atoms with Gasteiger partial charge in [0.1, 0.15) is 0 Å². The van der Waals surface area contributed by atoms with E-state index in [0.29, 0.717) is 9.69 Å². The lowest BCUT2D eigenvalue weighted by molar-refractivity contribution is 0.511. The molecule has 0 fully saturated rings. The molecule has 92 valence electrons. The summed E-state index contributed by atoms with van der Waals surface area (Å²) >= 11 is 9.47. The summed E-state index contributed by atoms with van der Waals surface area (Å²) < 4.78 is 7.63. The van der Waals surface area contributed by atoms with E-state index in [2.05, 4.69) is 26.5 Å². The lowest BCUT2D eigenvalue weighted by Crippen LogP contribution is -2.30. The van der Waals surface area contributed by atoms with Gasteiger partial charge < -0.3 is 4.42 Å². The standard InChI is InChI=1S/C10H12BrClN4O/c1-2-16-9(7(12)5-14-16)8(15-13)6-3-4-17-10(6)11/h3-5,8,15H,2,13H2,1H3. The van der Waals surface area contributed by atoms with Crippen LogP contribution in [0.25, 0.3) is 0 Å². The third kappa shape index (κ3) is 2.26. The van der Waals surface area contributed by atoms with Gasteiger partial charge in [-0.2, -0.15) is 5.10 Å². The Hall–Kier alpha value is -0.820. The van der Waals surface area contributed by atoms with Crippen LogP contribution in [0.3, 0.4) is 0 Å². The SMILES string of the molecule is CCn1ncc(Cl)c1C(NN)c1ccoc1Br. The molecule has 0 saturated heterocycles. The van der Waals surface area contributed by atoms with Crippen molar-refractivity contribution in [3.05, 3.63) is 39.5 Å². The van der Waals surface area contributed by atoms with Gasteiger partial charge in [0, 0.05) is 12.1 Å². The van der Waals surface area contributed by atoms with E-state index in [1.54, 1.807) is 17.1 Å². The number of aryl methyl sites for hydroxylation is 1. The highest BCUT2D eigenvalue weighted by Gasteiger charge is 2.23. The van der Waals surface area contributed by atoms with Crippen LogP contribution in [-0.4, -0.2) is 9.78 Å². The Balaban J connectivity index is 2.49. The fourth-order valence-electron chi connectivity index (χ4n) is 1.74. The van der Waals surface area contributed by atoms with Crippen molar-refractivity contribution in [3.63, 3.8) is 0 Å². The Morgan fingerprint density at radius 1 is 1.71 bits per heavy atom. The molecule has 17 heavy (non-hydrogen) atoms. The molecule has 7 heteroatoms. The number of rotatable bonds is 4. The average Bonchev–Trinajstić information content (AvgIpc) is 2.89. The molecule has 2 aromatic heterocycles. The molecule has 0 aliphatic heterocycles. The third-order valence-electron chi connectivity index (χ3n) is 2.53. The Morgan fingerprint density at radius 3 is 3.00 bits per heavy atom. The molecule has 2 aromatic rings. The van der Waals surface area contributed by atoms with Crippen molar-refractivity contribution in [3.8, 4) is 0 Å². The van der Waals surface area contributed by atoms with Crippen molar-refractivity contribution < 1.29 is 4.42 Å². The van der Waals surface area contributed by atoms with E-state index in [9.17, 15) is 0 Å². The Kier molecular flexibility index (Phi) is 3.88. The van der Waals surface area contributed by atoms with Crippen LogP contribution in [0.5, 0.6) is 0 Å². The van der Waals surface area contributed by atoms with E-state index in [0.717, 1.165) is 17.8 Å². The minimum Gasteiger partial charge on any atom is -0.457 e. The predicted molar refractivity (Wildman–Crippen MR) is 68.5 cm³/mol. The van der Waals surface area contributed by atoms with Gasteiger partial charge in [0.2, 0.25) is 0 Å². The molecule has 0 saturated carbocycles. The van der Waals surface area contributed by atoms with Gasteiger partial charge in [-0.25, -0.2) is 5.43 Å². The van der Waals surface area contributed by atoms with Crippen molar-refractivity contribution in [2.24, 2.45) is 5.84 Å². The van der Waals surface area contributed by atoms with Crippen LogP contribution in [0.4, 0.5) is 0 Å². The van der Waals surface area contributed by atoms with E-state index < -0.39 is 0 Å². The zero-order valence-electron chi connectivity index (χ0n) is 9.15. The summed E-state index contributed by atoms with van der Waals surface area (Å²) in [5.74, 6) is 5.60. The first-order valence-electron chi connectivity index (χ1n) is 5.09. The fourth-order valence-corrected chi connectivity index (χ4v) is 2.46. The molecule has 2 rings (SSSR count). The molecule has 0 aliphatic rings. The van der Waals surface area contributed by atoms with Crippen LogP contribution in [0.15, 0.2) is 27.6 Å². The number of hydrazine groups is 1. The number of nitrogens with one attached hydrogen (secondary N) is 1. The van der Waals surface area contributed by atoms with Crippen molar-refractivity contribution in [2.75, 3.05) is 0 Å². The first-order valence-corrected chi connectivity index (χ1v) is 6.26. The summed E-state index contributed by atoms with van der Waals surface area (Å²) in [5, 5.41) is 4.76. The highest BCUT2D eigenvalue weighted by atomic mass is 79.9. The summed E-state index contributed by atoms with van der Waals surface area (Å²) in [6.07, 6.45) is 3.20. The van der Waals surface area contributed by atoms with Gasteiger partial charge in [0.05, 0.1) is 29.2 Å². The summed E-state index contributed by atoms with van der Waals surface area (Å²) in [4.78, 5) is 0. The summed E-state index contributed by atoms with van der Waals surface area (Å²) in [5.41, 5.74) is 4.43. The smallest absolute Gasteiger partial charge is 0.174 e. The summed E-state index contributed by atoms with van der Waals surface area (Å²) in [6, 6.07) is 1.57. The van der Waals surface area contributed by atoms with Gasteiger partial charge >= 0.3 is 0 Å². The Morgan fingerprint density at radius 2 is 2.47 bits per heavy atom. The number of hydrogen-bond donors (Lipinski definition) is 2. The summed E-state index contributed by atoms with van der Waals surface area (Å²) in [7, 11) is 0. The molecule has 0 aromatic carbocycles. The maximum absolute atomic E-state index is 6.14. The number of nitrogens with zero attached hydrogens (tertiary/aromatic N) is 2. The number of halogens is 2. The number of aromatic nitrogens is 2. The number of nitrogens with two attached hydrogens (primary N) is 1. The van der Waals surface area contributed by atoms with E-state index in [1.165, 1.54) is 0 Å². The third-order valence-corrected chi connectivity index (χ3v) is 3.47. The Labute approximate surface area is 112 Å². The van der Waals surface area contributed by atoms with Crippen molar-refractivity contribution in [1.82, 2.24) is 15.2 Å². The van der Waals surface area contributed by atoms with Crippen LogP contribution in [-0.2, 0) is 6.54 Å². The zero-order chi connectivity index (χ0) is 12.4. The highest BCUT2D eigenvalue weighted by molar-refractivity contribution is 9.10. The molecule has 0 radical (unpaired) electrons. The molecule has 0 aliphatic carbocycles. The maximum Gasteiger partial charge on any atom is 0.174 e. The van der Waals surface area contributed by atoms with E-state index in [1.807, 2.05) is 13.0 Å². The monoisotopic (exact) mass is 318 g/mol. The second-order valence-electron chi connectivity index (χ2n) is 3.44. The van der Waals surface area contributed by atoms with Crippen LogP contribution >= 0.6 is 27.5 Å². The minimum absolute atomic E-state index is 0.266. The van der Waals surface area contributed by atoms with Gasteiger partial charge in [0.15, 0.2) is 4.67 Å². The molecular weight excluding hydrogens is 307 g/mol. The van der Waals surface area contributed by atoms with Crippen LogP contribution in [0.2, 0.25) is 5.02 Å². The van der Waals surface area contributed by atoms with Crippen molar-refractivity contribution >= 4 is 27.5 Å².